The fourth-order valence-corrected chi connectivity index (χ4v) is 4.06. The van der Waals surface area contributed by atoms with Gasteiger partial charge >= 0.3 is 0 Å². The maximum absolute atomic E-state index is 3.98. The van der Waals surface area contributed by atoms with Gasteiger partial charge in [0.15, 0.2) is 0 Å². The summed E-state index contributed by atoms with van der Waals surface area (Å²) in [5.41, 5.74) is 4.98. The molecule has 0 aromatic heterocycles. The predicted molar refractivity (Wildman–Crippen MR) is 83.4 cm³/mol. The van der Waals surface area contributed by atoms with Crippen molar-refractivity contribution in [2.45, 2.75) is 64.1 Å². The number of rotatable bonds is 4. The standard InChI is InChI=1S/C17H25Br/c1-4-13-8-9-15(12-14(13)5-2)16(18)17(3)10-6-7-11-17/h8-9,12,16H,4-7,10-11H2,1-3H3. The first-order valence-corrected chi connectivity index (χ1v) is 8.28. The van der Waals surface area contributed by atoms with E-state index in [2.05, 4.69) is 54.9 Å². The molecule has 0 saturated heterocycles. The molecule has 1 unspecified atom stereocenters. The van der Waals surface area contributed by atoms with Crippen molar-refractivity contribution in [2.75, 3.05) is 0 Å². The monoisotopic (exact) mass is 308 g/mol. The Labute approximate surface area is 120 Å². The summed E-state index contributed by atoms with van der Waals surface area (Å²) in [5, 5.41) is 0. The molecule has 0 aliphatic heterocycles. The Morgan fingerprint density at radius 3 is 2.28 bits per heavy atom. The summed E-state index contributed by atoms with van der Waals surface area (Å²) in [4.78, 5) is 0.517. The van der Waals surface area contributed by atoms with Crippen molar-refractivity contribution in [3.8, 4) is 0 Å². The molecule has 0 spiro atoms. The van der Waals surface area contributed by atoms with Crippen LogP contribution in [0.2, 0.25) is 0 Å². The van der Waals surface area contributed by atoms with Gasteiger partial charge in [-0.05, 0) is 47.8 Å². The fourth-order valence-electron chi connectivity index (χ4n) is 3.32. The van der Waals surface area contributed by atoms with Gasteiger partial charge in [0.2, 0.25) is 0 Å². The minimum Gasteiger partial charge on any atom is -0.0833 e. The molecule has 0 N–H and O–H groups in total. The molecular weight excluding hydrogens is 284 g/mol. The largest absolute Gasteiger partial charge is 0.0833 e. The Bertz CT molecular complexity index is 402. The van der Waals surface area contributed by atoms with Crippen LogP contribution in [0.1, 0.15) is 68.0 Å². The molecule has 1 aromatic carbocycles. The summed E-state index contributed by atoms with van der Waals surface area (Å²) < 4.78 is 0. The van der Waals surface area contributed by atoms with E-state index in [0.29, 0.717) is 10.2 Å². The summed E-state index contributed by atoms with van der Waals surface area (Å²) in [5.74, 6) is 0. The maximum atomic E-state index is 3.98. The summed E-state index contributed by atoms with van der Waals surface area (Å²) >= 11 is 3.98. The number of hydrogen-bond acceptors (Lipinski definition) is 0. The predicted octanol–water partition coefficient (Wildman–Crippen LogP) is 5.83. The second-order valence-electron chi connectivity index (χ2n) is 5.96. The molecule has 1 fully saturated rings. The molecule has 0 heterocycles. The Balaban J connectivity index is 2.27. The number of aryl methyl sites for hydroxylation is 2. The molecule has 1 aliphatic carbocycles. The SMILES string of the molecule is CCc1ccc(C(Br)C2(C)CCCC2)cc1CC. The van der Waals surface area contributed by atoms with Crippen LogP contribution in [0.3, 0.4) is 0 Å². The molecule has 0 radical (unpaired) electrons. The van der Waals surface area contributed by atoms with Crippen molar-refractivity contribution in [2.24, 2.45) is 5.41 Å². The van der Waals surface area contributed by atoms with E-state index in [1.807, 2.05) is 0 Å². The van der Waals surface area contributed by atoms with Crippen molar-refractivity contribution >= 4 is 15.9 Å². The van der Waals surface area contributed by atoms with Gasteiger partial charge in [-0.15, -0.1) is 0 Å². The quantitative estimate of drug-likeness (QED) is 0.614. The van der Waals surface area contributed by atoms with Crippen LogP contribution in [0, 0.1) is 5.41 Å². The van der Waals surface area contributed by atoms with Crippen molar-refractivity contribution in [3.63, 3.8) is 0 Å². The molecule has 1 aromatic rings. The lowest BCUT2D eigenvalue weighted by molar-refractivity contribution is 0.331. The Kier molecular flexibility index (Phi) is 4.53. The topological polar surface area (TPSA) is 0 Å². The van der Waals surface area contributed by atoms with E-state index in [0.717, 1.165) is 12.8 Å². The third-order valence-electron chi connectivity index (χ3n) is 4.64. The lowest BCUT2D eigenvalue weighted by Crippen LogP contribution is -2.17. The molecule has 1 aliphatic rings. The number of hydrogen-bond donors (Lipinski definition) is 0. The summed E-state index contributed by atoms with van der Waals surface area (Å²) in [6.07, 6.45) is 7.81. The summed E-state index contributed by atoms with van der Waals surface area (Å²) in [6, 6.07) is 7.10. The van der Waals surface area contributed by atoms with Gasteiger partial charge in [0.05, 0.1) is 0 Å². The minimum absolute atomic E-state index is 0.457. The van der Waals surface area contributed by atoms with Gasteiger partial charge in [0.25, 0.3) is 0 Å². The molecule has 1 heteroatoms. The number of alkyl halides is 1. The third-order valence-corrected chi connectivity index (χ3v) is 6.28. The average molecular weight is 309 g/mol. The van der Waals surface area contributed by atoms with Crippen LogP contribution in [-0.2, 0) is 12.8 Å². The van der Waals surface area contributed by atoms with Crippen LogP contribution in [-0.4, -0.2) is 0 Å². The Morgan fingerprint density at radius 1 is 1.11 bits per heavy atom. The van der Waals surface area contributed by atoms with Gasteiger partial charge in [0.1, 0.15) is 0 Å². The first kappa shape index (κ1) is 14.1. The van der Waals surface area contributed by atoms with Gasteiger partial charge in [-0.25, -0.2) is 0 Å². The van der Waals surface area contributed by atoms with Gasteiger partial charge in [-0.3, -0.25) is 0 Å². The van der Waals surface area contributed by atoms with Gasteiger partial charge < -0.3 is 0 Å². The third kappa shape index (κ3) is 2.66. The van der Waals surface area contributed by atoms with Crippen LogP contribution in [0.15, 0.2) is 18.2 Å². The van der Waals surface area contributed by atoms with Gasteiger partial charge in [-0.2, -0.15) is 0 Å². The van der Waals surface area contributed by atoms with Crippen LogP contribution in [0.25, 0.3) is 0 Å². The van der Waals surface area contributed by atoms with Crippen LogP contribution < -0.4 is 0 Å². The molecule has 2 rings (SSSR count). The van der Waals surface area contributed by atoms with Gasteiger partial charge in [-0.1, -0.05) is 67.7 Å². The van der Waals surface area contributed by atoms with Crippen molar-refractivity contribution in [1.29, 1.82) is 0 Å². The second kappa shape index (κ2) is 5.77. The zero-order valence-corrected chi connectivity index (χ0v) is 13.5. The van der Waals surface area contributed by atoms with E-state index >= 15 is 0 Å². The maximum Gasteiger partial charge on any atom is 0.0449 e. The van der Waals surface area contributed by atoms with E-state index < -0.39 is 0 Å². The van der Waals surface area contributed by atoms with Crippen molar-refractivity contribution in [3.05, 3.63) is 34.9 Å². The van der Waals surface area contributed by atoms with E-state index in [1.54, 1.807) is 0 Å². The molecule has 0 bridgehead atoms. The van der Waals surface area contributed by atoms with Crippen molar-refractivity contribution in [1.82, 2.24) is 0 Å². The molecule has 1 atom stereocenters. The summed E-state index contributed by atoms with van der Waals surface area (Å²) in [6.45, 7) is 6.95. The van der Waals surface area contributed by atoms with Crippen LogP contribution >= 0.6 is 15.9 Å². The zero-order chi connectivity index (χ0) is 13.2. The average Bonchev–Trinajstić information content (AvgIpc) is 2.85. The van der Waals surface area contributed by atoms with E-state index in [1.165, 1.54) is 42.4 Å². The van der Waals surface area contributed by atoms with Crippen molar-refractivity contribution < 1.29 is 0 Å². The molecule has 0 nitrogen and oxygen atoms in total. The fraction of sp³-hybridized carbons (Fsp3) is 0.647. The zero-order valence-electron chi connectivity index (χ0n) is 11.9. The first-order valence-electron chi connectivity index (χ1n) is 7.36. The molecule has 1 saturated carbocycles. The molecule has 100 valence electrons. The van der Waals surface area contributed by atoms with Gasteiger partial charge in [0, 0.05) is 4.83 Å². The molecule has 0 amide bonds. The van der Waals surface area contributed by atoms with E-state index in [9.17, 15) is 0 Å². The molecule has 18 heavy (non-hydrogen) atoms. The lowest BCUT2D eigenvalue weighted by atomic mass is 9.81. The van der Waals surface area contributed by atoms with E-state index in [4.69, 9.17) is 0 Å². The van der Waals surface area contributed by atoms with Crippen LogP contribution in [0.5, 0.6) is 0 Å². The lowest BCUT2D eigenvalue weighted by Gasteiger charge is -2.30. The Morgan fingerprint density at radius 2 is 1.72 bits per heavy atom. The second-order valence-corrected chi connectivity index (χ2v) is 6.87. The Hall–Kier alpha value is -0.300. The highest BCUT2D eigenvalue weighted by atomic mass is 79.9. The van der Waals surface area contributed by atoms with Crippen LogP contribution in [0.4, 0.5) is 0 Å². The highest BCUT2D eigenvalue weighted by Crippen LogP contribution is 2.51. The highest BCUT2D eigenvalue weighted by molar-refractivity contribution is 9.09. The smallest absolute Gasteiger partial charge is 0.0449 e. The highest BCUT2D eigenvalue weighted by Gasteiger charge is 2.36. The minimum atomic E-state index is 0.457. The first-order chi connectivity index (χ1) is 8.60. The molecular formula is C17H25Br. The summed E-state index contributed by atoms with van der Waals surface area (Å²) in [7, 11) is 0. The van der Waals surface area contributed by atoms with E-state index in [-0.39, 0.29) is 0 Å². The number of benzene rings is 1. The number of halogens is 1. The normalized spacial score (nSPS) is 20.0.